The molecule has 21 heavy (non-hydrogen) atoms. The number of rotatable bonds is 5. The zero-order valence-electron chi connectivity index (χ0n) is 11.3. The van der Waals surface area contributed by atoms with Crippen molar-refractivity contribution < 1.29 is 19.2 Å². The molecule has 0 aliphatic carbocycles. The fourth-order valence-electron chi connectivity index (χ4n) is 1.98. The predicted octanol–water partition coefficient (Wildman–Crippen LogP) is 3.02. The van der Waals surface area contributed by atoms with Gasteiger partial charge in [0.1, 0.15) is 0 Å². The molecule has 6 heteroatoms. The lowest BCUT2D eigenvalue weighted by molar-refractivity contribution is -0.384. The number of ether oxygens (including phenoxy) is 1. The van der Waals surface area contributed by atoms with Crippen LogP contribution in [0.2, 0.25) is 0 Å². The van der Waals surface area contributed by atoms with Crippen molar-refractivity contribution in [3.63, 3.8) is 0 Å². The van der Waals surface area contributed by atoms with Crippen molar-refractivity contribution in [1.82, 2.24) is 0 Å². The molecule has 2 rings (SSSR count). The van der Waals surface area contributed by atoms with E-state index in [1.165, 1.54) is 31.4 Å². The maximum Gasteiger partial charge on any atom is 0.269 e. The molecule has 1 N–H and O–H groups in total. The van der Waals surface area contributed by atoms with Crippen LogP contribution in [-0.4, -0.2) is 17.1 Å². The van der Waals surface area contributed by atoms with Gasteiger partial charge in [0.25, 0.3) is 5.69 Å². The van der Waals surface area contributed by atoms with Crippen LogP contribution in [-0.2, 0) is 6.42 Å². The van der Waals surface area contributed by atoms with Crippen LogP contribution >= 0.6 is 0 Å². The van der Waals surface area contributed by atoms with Gasteiger partial charge in [0.2, 0.25) is 0 Å². The zero-order valence-corrected chi connectivity index (χ0v) is 11.3. The molecule has 0 radical (unpaired) electrons. The number of non-ortho nitro benzene ring substituents is 1. The first kappa shape index (κ1) is 14.9. The van der Waals surface area contributed by atoms with E-state index in [-0.39, 0.29) is 17.9 Å². The summed E-state index contributed by atoms with van der Waals surface area (Å²) >= 11 is 0. The SMILES string of the molecule is COc1ccc(C(O)Cc2ccc([N+](=O)[O-])cc2)cc1F. The van der Waals surface area contributed by atoms with Crippen LogP contribution in [0.5, 0.6) is 5.75 Å². The number of hydrogen-bond acceptors (Lipinski definition) is 4. The lowest BCUT2D eigenvalue weighted by Gasteiger charge is -2.12. The van der Waals surface area contributed by atoms with Crippen LogP contribution in [0.3, 0.4) is 0 Å². The largest absolute Gasteiger partial charge is 0.494 e. The monoisotopic (exact) mass is 291 g/mol. The number of aliphatic hydroxyl groups excluding tert-OH is 1. The second-order valence-electron chi connectivity index (χ2n) is 4.54. The van der Waals surface area contributed by atoms with E-state index >= 15 is 0 Å². The number of hydrogen-bond donors (Lipinski definition) is 1. The summed E-state index contributed by atoms with van der Waals surface area (Å²) in [7, 11) is 1.37. The van der Waals surface area contributed by atoms with E-state index in [1.54, 1.807) is 18.2 Å². The Morgan fingerprint density at radius 2 is 1.95 bits per heavy atom. The normalized spacial score (nSPS) is 12.0. The van der Waals surface area contributed by atoms with Gasteiger partial charge >= 0.3 is 0 Å². The van der Waals surface area contributed by atoms with E-state index in [1.807, 2.05) is 0 Å². The summed E-state index contributed by atoms with van der Waals surface area (Å²) in [6.07, 6.45) is -0.657. The third-order valence-corrected chi connectivity index (χ3v) is 3.14. The van der Waals surface area contributed by atoms with Gasteiger partial charge in [-0.15, -0.1) is 0 Å². The van der Waals surface area contributed by atoms with Crippen LogP contribution in [0.4, 0.5) is 10.1 Å². The van der Waals surface area contributed by atoms with Crippen molar-refractivity contribution in [2.45, 2.75) is 12.5 Å². The molecule has 1 atom stereocenters. The van der Waals surface area contributed by atoms with Gasteiger partial charge in [-0.2, -0.15) is 0 Å². The van der Waals surface area contributed by atoms with Crippen LogP contribution in [0, 0.1) is 15.9 Å². The highest BCUT2D eigenvalue weighted by atomic mass is 19.1. The maximum atomic E-state index is 13.6. The summed E-state index contributed by atoms with van der Waals surface area (Å²) in [6.45, 7) is 0. The van der Waals surface area contributed by atoms with E-state index < -0.39 is 16.8 Å². The molecule has 2 aromatic carbocycles. The molecule has 0 saturated carbocycles. The Hall–Kier alpha value is -2.47. The number of benzene rings is 2. The Kier molecular flexibility index (Phi) is 4.49. The standard InChI is InChI=1S/C15H14FNO4/c1-21-15-7-4-11(9-13(15)16)14(18)8-10-2-5-12(6-3-10)17(19)20/h2-7,9,14,18H,8H2,1H3. The van der Waals surface area contributed by atoms with Gasteiger partial charge in [-0.3, -0.25) is 10.1 Å². The predicted molar refractivity (Wildman–Crippen MR) is 74.7 cm³/mol. The molecule has 0 aromatic heterocycles. The fourth-order valence-corrected chi connectivity index (χ4v) is 1.98. The molecule has 0 heterocycles. The zero-order chi connectivity index (χ0) is 15.4. The number of halogens is 1. The Balaban J connectivity index is 2.12. The second-order valence-corrected chi connectivity index (χ2v) is 4.54. The van der Waals surface area contributed by atoms with Crippen molar-refractivity contribution in [3.05, 3.63) is 69.5 Å². The maximum absolute atomic E-state index is 13.6. The molecule has 0 fully saturated rings. The van der Waals surface area contributed by atoms with Crippen molar-refractivity contribution in [1.29, 1.82) is 0 Å². The fraction of sp³-hybridized carbons (Fsp3) is 0.200. The highest BCUT2D eigenvalue weighted by Gasteiger charge is 2.13. The van der Waals surface area contributed by atoms with Crippen molar-refractivity contribution in [2.24, 2.45) is 0 Å². The molecule has 0 spiro atoms. The minimum atomic E-state index is -0.896. The lowest BCUT2D eigenvalue weighted by Crippen LogP contribution is -2.03. The van der Waals surface area contributed by atoms with Crippen molar-refractivity contribution in [2.75, 3.05) is 7.11 Å². The molecule has 110 valence electrons. The molecule has 5 nitrogen and oxygen atoms in total. The van der Waals surface area contributed by atoms with Gasteiger partial charge < -0.3 is 9.84 Å². The molecule has 2 aromatic rings. The number of nitro groups is 1. The van der Waals surface area contributed by atoms with E-state index in [9.17, 15) is 19.6 Å². The summed E-state index contributed by atoms with van der Waals surface area (Å²) < 4.78 is 18.4. The average Bonchev–Trinajstić information content (AvgIpc) is 2.47. The molecular formula is C15H14FNO4. The lowest BCUT2D eigenvalue weighted by atomic mass is 10.0. The number of aliphatic hydroxyl groups is 1. The van der Waals surface area contributed by atoms with E-state index in [0.29, 0.717) is 5.56 Å². The van der Waals surface area contributed by atoms with Gasteiger partial charge in [0, 0.05) is 18.6 Å². The highest BCUT2D eigenvalue weighted by Crippen LogP contribution is 2.24. The molecular weight excluding hydrogens is 277 g/mol. The third kappa shape index (κ3) is 3.55. The molecule has 0 aliphatic rings. The Labute approximate surface area is 120 Å². The summed E-state index contributed by atoms with van der Waals surface area (Å²) in [4.78, 5) is 10.1. The van der Waals surface area contributed by atoms with Crippen molar-refractivity contribution in [3.8, 4) is 5.75 Å². The average molecular weight is 291 g/mol. The molecule has 0 aliphatic heterocycles. The van der Waals surface area contributed by atoms with E-state index in [0.717, 1.165) is 5.56 Å². The van der Waals surface area contributed by atoms with Crippen LogP contribution < -0.4 is 4.74 Å². The van der Waals surface area contributed by atoms with E-state index in [4.69, 9.17) is 4.74 Å². The summed E-state index contributed by atoms with van der Waals surface area (Å²) in [6, 6.07) is 10.1. The summed E-state index contributed by atoms with van der Waals surface area (Å²) in [5, 5.41) is 20.7. The van der Waals surface area contributed by atoms with E-state index in [2.05, 4.69) is 0 Å². The van der Waals surface area contributed by atoms with Gasteiger partial charge in [0.15, 0.2) is 11.6 Å². The number of methoxy groups -OCH3 is 1. The molecule has 0 saturated heterocycles. The van der Waals surface area contributed by atoms with Crippen LogP contribution in [0.15, 0.2) is 42.5 Å². The summed E-state index contributed by atoms with van der Waals surface area (Å²) in [5.74, 6) is -0.431. The minimum absolute atomic E-state index is 0.0104. The van der Waals surface area contributed by atoms with Gasteiger partial charge in [0.05, 0.1) is 18.1 Å². The van der Waals surface area contributed by atoms with Crippen molar-refractivity contribution >= 4 is 5.69 Å². The molecule has 0 bridgehead atoms. The third-order valence-electron chi connectivity index (χ3n) is 3.14. The van der Waals surface area contributed by atoms with Crippen LogP contribution in [0.25, 0.3) is 0 Å². The molecule has 0 amide bonds. The first-order valence-electron chi connectivity index (χ1n) is 6.26. The Bertz CT molecular complexity index is 643. The Morgan fingerprint density at radius 1 is 1.29 bits per heavy atom. The molecule has 1 unspecified atom stereocenters. The minimum Gasteiger partial charge on any atom is -0.494 e. The first-order chi connectivity index (χ1) is 10.0. The number of nitro benzene ring substituents is 1. The van der Waals surface area contributed by atoms with Crippen LogP contribution in [0.1, 0.15) is 17.2 Å². The quantitative estimate of drug-likeness (QED) is 0.679. The topological polar surface area (TPSA) is 72.6 Å². The second kappa shape index (κ2) is 6.32. The first-order valence-corrected chi connectivity index (χ1v) is 6.26. The van der Waals surface area contributed by atoms with Gasteiger partial charge in [-0.05, 0) is 23.3 Å². The number of nitrogens with zero attached hydrogens (tertiary/aromatic N) is 1. The van der Waals surface area contributed by atoms with Gasteiger partial charge in [-0.1, -0.05) is 18.2 Å². The Morgan fingerprint density at radius 3 is 2.48 bits per heavy atom. The smallest absolute Gasteiger partial charge is 0.269 e. The van der Waals surface area contributed by atoms with Gasteiger partial charge in [-0.25, -0.2) is 4.39 Å². The summed E-state index contributed by atoms with van der Waals surface area (Å²) in [5.41, 5.74) is 1.14. The highest BCUT2D eigenvalue weighted by molar-refractivity contribution is 5.35.